The van der Waals surface area contributed by atoms with E-state index in [0.29, 0.717) is 11.8 Å². The van der Waals surface area contributed by atoms with Crippen molar-refractivity contribution in [1.29, 1.82) is 0 Å². The van der Waals surface area contributed by atoms with E-state index in [1.165, 1.54) is 23.9 Å². The fourth-order valence-corrected chi connectivity index (χ4v) is 3.29. The minimum absolute atomic E-state index is 0.0688. The van der Waals surface area contributed by atoms with E-state index in [1.807, 2.05) is 11.9 Å². The predicted octanol–water partition coefficient (Wildman–Crippen LogP) is 1.90. The molecule has 6 nitrogen and oxygen atoms in total. The highest BCUT2D eigenvalue weighted by Crippen LogP contribution is 2.23. The van der Waals surface area contributed by atoms with E-state index in [-0.39, 0.29) is 11.6 Å². The number of hydrogen-bond donors (Lipinski definition) is 1. The number of nitro benzene ring substituents is 1. The third-order valence-corrected chi connectivity index (χ3v) is 4.54. The van der Waals surface area contributed by atoms with Crippen molar-refractivity contribution in [1.82, 2.24) is 10.2 Å². The summed E-state index contributed by atoms with van der Waals surface area (Å²) in [4.78, 5) is 25.2. The third-order valence-electron chi connectivity index (χ3n) is 3.55. The fourth-order valence-electron chi connectivity index (χ4n) is 2.50. The molecule has 1 amide bonds. The maximum absolute atomic E-state index is 12.2. The maximum Gasteiger partial charge on any atom is 0.269 e. The van der Waals surface area contributed by atoms with Gasteiger partial charge in [0.2, 0.25) is 5.91 Å². The van der Waals surface area contributed by atoms with Crippen LogP contribution in [0.2, 0.25) is 0 Å². The van der Waals surface area contributed by atoms with Gasteiger partial charge in [0.25, 0.3) is 5.69 Å². The van der Waals surface area contributed by atoms with E-state index < -0.39 is 4.92 Å². The molecule has 21 heavy (non-hydrogen) atoms. The number of benzene rings is 1. The van der Waals surface area contributed by atoms with Gasteiger partial charge in [-0.2, -0.15) is 0 Å². The van der Waals surface area contributed by atoms with Crippen molar-refractivity contribution in [3.63, 3.8) is 0 Å². The molecule has 1 heterocycles. The molecule has 0 radical (unpaired) electrons. The highest BCUT2D eigenvalue weighted by molar-refractivity contribution is 8.00. The van der Waals surface area contributed by atoms with Gasteiger partial charge in [-0.15, -0.1) is 11.8 Å². The van der Waals surface area contributed by atoms with Gasteiger partial charge < -0.3 is 10.2 Å². The monoisotopic (exact) mass is 309 g/mol. The lowest BCUT2D eigenvalue weighted by molar-refractivity contribution is -0.384. The Morgan fingerprint density at radius 1 is 1.48 bits per heavy atom. The third kappa shape index (κ3) is 4.18. The van der Waals surface area contributed by atoms with Crippen LogP contribution in [0.5, 0.6) is 0 Å². The van der Waals surface area contributed by atoms with Crippen LogP contribution in [-0.4, -0.2) is 47.7 Å². The molecule has 1 atom stereocenters. The molecule has 0 aliphatic carbocycles. The first-order chi connectivity index (χ1) is 10.1. The Kier molecular flexibility index (Phi) is 5.58. The number of nitro groups is 1. The van der Waals surface area contributed by atoms with Gasteiger partial charge in [0.15, 0.2) is 0 Å². The van der Waals surface area contributed by atoms with Crippen molar-refractivity contribution in [3.05, 3.63) is 34.4 Å². The van der Waals surface area contributed by atoms with E-state index in [1.54, 1.807) is 12.1 Å². The predicted molar refractivity (Wildman–Crippen MR) is 82.5 cm³/mol. The van der Waals surface area contributed by atoms with E-state index >= 15 is 0 Å². The number of carbonyl (C=O) groups excluding carboxylic acids is 1. The molecule has 1 unspecified atom stereocenters. The number of hydrogen-bond acceptors (Lipinski definition) is 5. The zero-order valence-electron chi connectivity index (χ0n) is 11.9. The second kappa shape index (κ2) is 7.42. The molecular formula is C14H19N3O3S. The molecule has 114 valence electrons. The molecule has 1 fully saturated rings. The van der Waals surface area contributed by atoms with E-state index in [9.17, 15) is 14.9 Å². The second-order valence-electron chi connectivity index (χ2n) is 4.98. The van der Waals surface area contributed by atoms with Gasteiger partial charge in [-0.05, 0) is 32.0 Å². The Bertz CT molecular complexity index is 507. The number of likely N-dealkylation sites (N-methyl/N-ethyl adjacent to an activating group) is 1. The smallest absolute Gasteiger partial charge is 0.269 e. The van der Waals surface area contributed by atoms with Crippen LogP contribution in [-0.2, 0) is 4.79 Å². The summed E-state index contributed by atoms with van der Waals surface area (Å²) in [6.45, 7) is 1.65. The molecule has 0 bridgehead atoms. The van der Waals surface area contributed by atoms with Crippen molar-refractivity contribution in [2.45, 2.75) is 23.8 Å². The van der Waals surface area contributed by atoms with Crippen molar-refractivity contribution in [2.75, 3.05) is 25.9 Å². The second-order valence-corrected chi connectivity index (χ2v) is 6.03. The van der Waals surface area contributed by atoms with Crippen molar-refractivity contribution in [3.8, 4) is 0 Å². The Labute approximate surface area is 128 Å². The van der Waals surface area contributed by atoms with Gasteiger partial charge >= 0.3 is 0 Å². The molecule has 1 saturated heterocycles. The average Bonchev–Trinajstić information content (AvgIpc) is 2.94. The van der Waals surface area contributed by atoms with Crippen molar-refractivity contribution < 1.29 is 9.72 Å². The fraction of sp³-hybridized carbons (Fsp3) is 0.500. The average molecular weight is 309 g/mol. The first-order valence-corrected chi connectivity index (χ1v) is 7.91. The summed E-state index contributed by atoms with van der Waals surface area (Å²) in [5.74, 6) is 0.508. The number of likely N-dealkylation sites (tertiary alicyclic amines) is 1. The molecule has 1 N–H and O–H groups in total. The van der Waals surface area contributed by atoms with Crippen molar-refractivity contribution in [2.24, 2.45) is 0 Å². The van der Waals surface area contributed by atoms with Gasteiger partial charge in [-0.1, -0.05) is 0 Å². The van der Waals surface area contributed by atoms with Crippen LogP contribution in [0.3, 0.4) is 0 Å². The van der Waals surface area contributed by atoms with Crippen LogP contribution in [0.4, 0.5) is 5.69 Å². The first-order valence-electron chi connectivity index (χ1n) is 6.93. The van der Waals surface area contributed by atoms with Crippen LogP contribution in [0.15, 0.2) is 29.2 Å². The normalized spacial score (nSPS) is 18.0. The van der Waals surface area contributed by atoms with Crippen molar-refractivity contribution >= 4 is 23.4 Å². The van der Waals surface area contributed by atoms with Crippen LogP contribution < -0.4 is 5.32 Å². The summed E-state index contributed by atoms with van der Waals surface area (Å²) in [6.07, 6.45) is 2.11. The SMILES string of the molecule is CNCC1CCCN1C(=O)CSc1ccc([N+](=O)[O-])cc1. The highest BCUT2D eigenvalue weighted by atomic mass is 32.2. The Hall–Kier alpha value is -1.60. The van der Waals surface area contributed by atoms with Crippen LogP contribution in [0.25, 0.3) is 0 Å². The number of nitrogens with one attached hydrogen (secondary N) is 1. The number of carbonyl (C=O) groups is 1. The summed E-state index contributed by atoms with van der Waals surface area (Å²) in [6, 6.07) is 6.59. The summed E-state index contributed by atoms with van der Waals surface area (Å²) in [5.41, 5.74) is 0.0688. The Balaban J connectivity index is 1.87. The number of non-ortho nitro benzene ring substituents is 1. The van der Waals surface area contributed by atoms with E-state index in [4.69, 9.17) is 0 Å². The molecule has 1 aliphatic rings. The Morgan fingerprint density at radius 3 is 2.81 bits per heavy atom. The standard InChI is InChI=1S/C14H19N3O3S/c1-15-9-12-3-2-8-16(12)14(18)10-21-13-6-4-11(5-7-13)17(19)20/h4-7,12,15H,2-3,8-10H2,1H3. The van der Waals surface area contributed by atoms with Gasteiger partial charge in [0.05, 0.1) is 10.7 Å². The summed E-state index contributed by atoms with van der Waals surface area (Å²) in [7, 11) is 1.90. The van der Waals surface area contributed by atoms with Gasteiger partial charge in [-0.25, -0.2) is 0 Å². The van der Waals surface area contributed by atoms with Gasteiger partial charge in [0.1, 0.15) is 0 Å². The summed E-state index contributed by atoms with van der Waals surface area (Å²) < 4.78 is 0. The Morgan fingerprint density at radius 2 is 2.19 bits per heavy atom. The number of rotatable bonds is 6. The number of nitrogens with zero attached hydrogens (tertiary/aromatic N) is 2. The minimum atomic E-state index is -0.424. The van der Waals surface area contributed by atoms with Crippen LogP contribution in [0.1, 0.15) is 12.8 Å². The number of amides is 1. The lowest BCUT2D eigenvalue weighted by Crippen LogP contribution is -2.41. The molecule has 0 aromatic heterocycles. The molecule has 0 spiro atoms. The quantitative estimate of drug-likeness (QED) is 0.493. The summed E-state index contributed by atoms with van der Waals surface area (Å²) >= 11 is 1.42. The van der Waals surface area contributed by atoms with E-state index in [0.717, 1.165) is 30.8 Å². The molecular weight excluding hydrogens is 290 g/mol. The molecule has 1 aromatic carbocycles. The van der Waals surface area contributed by atoms with Crippen LogP contribution in [0, 0.1) is 10.1 Å². The molecule has 1 aromatic rings. The largest absolute Gasteiger partial charge is 0.338 e. The van der Waals surface area contributed by atoms with Gasteiger partial charge in [-0.3, -0.25) is 14.9 Å². The molecule has 1 aliphatic heterocycles. The highest BCUT2D eigenvalue weighted by Gasteiger charge is 2.27. The minimum Gasteiger partial charge on any atom is -0.338 e. The van der Waals surface area contributed by atoms with Gasteiger partial charge in [0, 0.05) is 36.2 Å². The number of thioether (sulfide) groups is 1. The zero-order valence-corrected chi connectivity index (χ0v) is 12.8. The first kappa shape index (κ1) is 15.8. The lowest BCUT2D eigenvalue weighted by atomic mass is 10.2. The zero-order chi connectivity index (χ0) is 15.2. The maximum atomic E-state index is 12.2. The molecule has 7 heteroatoms. The molecule has 0 saturated carbocycles. The van der Waals surface area contributed by atoms with E-state index in [2.05, 4.69) is 5.32 Å². The lowest BCUT2D eigenvalue weighted by Gasteiger charge is -2.24. The van der Waals surface area contributed by atoms with Crippen LogP contribution >= 0.6 is 11.8 Å². The summed E-state index contributed by atoms with van der Waals surface area (Å²) in [5, 5.41) is 13.7. The molecule has 2 rings (SSSR count). The topological polar surface area (TPSA) is 75.5 Å².